The number of aromatic nitrogens is 4. The average molecular weight is 249 g/mol. The van der Waals surface area contributed by atoms with Crippen molar-refractivity contribution in [3.8, 4) is 0 Å². The zero-order valence-corrected chi connectivity index (χ0v) is 9.35. The molecule has 3 N–H and O–H groups in total. The Hall–Kier alpha value is -2.71. The standard InChI is InChI=1S/C9H11N7O2/c10-8-7(16(17)18)9(13-6-12-8)11-3-5-15-4-1-2-14-15/h1-2,4,6H,3,5H2,(H3,10,11,12,13). The van der Waals surface area contributed by atoms with Crippen molar-refractivity contribution in [1.82, 2.24) is 19.7 Å². The van der Waals surface area contributed by atoms with E-state index in [9.17, 15) is 10.1 Å². The van der Waals surface area contributed by atoms with Crippen LogP contribution in [0.5, 0.6) is 0 Å². The summed E-state index contributed by atoms with van der Waals surface area (Å²) in [6, 6.07) is 1.80. The maximum atomic E-state index is 10.8. The van der Waals surface area contributed by atoms with Gasteiger partial charge in [-0.25, -0.2) is 9.97 Å². The lowest BCUT2D eigenvalue weighted by Crippen LogP contribution is -2.13. The van der Waals surface area contributed by atoms with E-state index in [-0.39, 0.29) is 17.3 Å². The van der Waals surface area contributed by atoms with E-state index in [4.69, 9.17) is 5.73 Å². The Kier molecular flexibility index (Phi) is 3.32. The third kappa shape index (κ3) is 2.51. The third-order valence-electron chi connectivity index (χ3n) is 2.23. The molecule has 2 aromatic heterocycles. The van der Waals surface area contributed by atoms with Gasteiger partial charge in [-0.15, -0.1) is 0 Å². The second-order valence-electron chi connectivity index (χ2n) is 3.41. The fourth-order valence-electron chi connectivity index (χ4n) is 1.42. The predicted octanol–water partition coefficient (Wildman–Crippen LogP) is 0.276. The lowest BCUT2D eigenvalue weighted by molar-refractivity contribution is -0.383. The van der Waals surface area contributed by atoms with Crippen molar-refractivity contribution >= 4 is 17.3 Å². The molecule has 2 aromatic rings. The van der Waals surface area contributed by atoms with Gasteiger partial charge in [-0.1, -0.05) is 0 Å². The summed E-state index contributed by atoms with van der Waals surface area (Å²) in [7, 11) is 0. The summed E-state index contributed by atoms with van der Waals surface area (Å²) >= 11 is 0. The molecule has 0 aliphatic carbocycles. The quantitative estimate of drug-likeness (QED) is 0.575. The molecule has 0 aromatic carbocycles. The molecule has 9 heteroatoms. The summed E-state index contributed by atoms with van der Waals surface area (Å²) < 4.78 is 1.70. The summed E-state index contributed by atoms with van der Waals surface area (Å²) in [6.45, 7) is 1.01. The summed E-state index contributed by atoms with van der Waals surface area (Å²) in [6.07, 6.45) is 4.63. The molecule has 2 heterocycles. The van der Waals surface area contributed by atoms with Crippen LogP contribution in [0.3, 0.4) is 0 Å². The van der Waals surface area contributed by atoms with Gasteiger partial charge in [0.15, 0.2) is 0 Å². The predicted molar refractivity (Wildman–Crippen MR) is 63.8 cm³/mol. The van der Waals surface area contributed by atoms with Crippen molar-refractivity contribution in [2.45, 2.75) is 6.54 Å². The fourth-order valence-corrected chi connectivity index (χ4v) is 1.42. The van der Waals surface area contributed by atoms with E-state index in [0.717, 1.165) is 0 Å². The first-order chi connectivity index (χ1) is 8.68. The number of hydrogen-bond donors (Lipinski definition) is 2. The van der Waals surface area contributed by atoms with Crippen LogP contribution in [0.2, 0.25) is 0 Å². The van der Waals surface area contributed by atoms with Gasteiger partial charge in [-0.05, 0) is 6.07 Å². The normalized spacial score (nSPS) is 10.2. The molecule has 0 atom stereocenters. The number of nitrogens with two attached hydrogens (primary N) is 1. The molecule has 0 unspecified atom stereocenters. The second kappa shape index (κ2) is 5.08. The number of nitrogens with one attached hydrogen (secondary N) is 1. The Morgan fingerprint density at radius 3 is 3.00 bits per heavy atom. The Morgan fingerprint density at radius 2 is 2.33 bits per heavy atom. The summed E-state index contributed by atoms with van der Waals surface area (Å²) in [4.78, 5) is 17.6. The second-order valence-corrected chi connectivity index (χ2v) is 3.41. The largest absolute Gasteiger partial charge is 0.378 e. The van der Waals surface area contributed by atoms with Gasteiger partial charge < -0.3 is 11.1 Å². The summed E-state index contributed by atoms with van der Waals surface area (Å²) in [5.74, 6) is -0.0451. The molecule has 18 heavy (non-hydrogen) atoms. The van der Waals surface area contributed by atoms with Crippen molar-refractivity contribution < 1.29 is 4.92 Å². The number of nitro groups is 1. The molecular weight excluding hydrogens is 238 g/mol. The molecule has 0 saturated carbocycles. The topological polar surface area (TPSA) is 125 Å². The van der Waals surface area contributed by atoms with Gasteiger partial charge in [0.25, 0.3) is 0 Å². The van der Waals surface area contributed by atoms with Crippen molar-refractivity contribution in [3.05, 3.63) is 34.9 Å². The van der Waals surface area contributed by atoms with Crippen LogP contribution in [-0.2, 0) is 6.54 Å². The van der Waals surface area contributed by atoms with Crippen LogP contribution < -0.4 is 11.1 Å². The summed E-state index contributed by atoms with van der Waals surface area (Å²) in [5.41, 5.74) is 5.13. The first-order valence-electron chi connectivity index (χ1n) is 5.14. The van der Waals surface area contributed by atoms with Crippen LogP contribution in [0.15, 0.2) is 24.8 Å². The third-order valence-corrected chi connectivity index (χ3v) is 2.23. The molecule has 0 bridgehead atoms. The molecule has 2 rings (SSSR count). The number of anilines is 2. The Bertz CT molecular complexity index is 540. The van der Waals surface area contributed by atoms with Gasteiger partial charge in [0.05, 0.1) is 11.5 Å². The van der Waals surface area contributed by atoms with E-state index >= 15 is 0 Å². The van der Waals surface area contributed by atoms with E-state index in [1.54, 1.807) is 23.1 Å². The molecule has 0 amide bonds. The highest BCUT2D eigenvalue weighted by atomic mass is 16.6. The molecule has 94 valence electrons. The Morgan fingerprint density at radius 1 is 1.50 bits per heavy atom. The highest BCUT2D eigenvalue weighted by molar-refractivity contribution is 5.67. The van der Waals surface area contributed by atoms with E-state index in [1.165, 1.54) is 6.33 Å². The lowest BCUT2D eigenvalue weighted by Gasteiger charge is -2.06. The van der Waals surface area contributed by atoms with E-state index in [0.29, 0.717) is 13.1 Å². The minimum atomic E-state index is -0.606. The van der Waals surface area contributed by atoms with E-state index in [2.05, 4.69) is 20.4 Å². The number of nitrogen functional groups attached to an aromatic ring is 1. The smallest absolute Gasteiger partial charge is 0.352 e. The van der Waals surface area contributed by atoms with Gasteiger partial charge >= 0.3 is 5.69 Å². The fraction of sp³-hybridized carbons (Fsp3) is 0.222. The minimum Gasteiger partial charge on any atom is -0.378 e. The zero-order chi connectivity index (χ0) is 13.0. The average Bonchev–Trinajstić information content (AvgIpc) is 2.81. The highest BCUT2D eigenvalue weighted by Crippen LogP contribution is 2.25. The zero-order valence-electron chi connectivity index (χ0n) is 9.35. The first kappa shape index (κ1) is 11.8. The van der Waals surface area contributed by atoms with E-state index < -0.39 is 4.92 Å². The van der Waals surface area contributed by atoms with Crippen LogP contribution >= 0.6 is 0 Å². The Balaban J connectivity index is 2.05. The molecule has 0 spiro atoms. The van der Waals surface area contributed by atoms with Gasteiger partial charge in [0.2, 0.25) is 11.6 Å². The minimum absolute atomic E-state index is 0.111. The number of hydrogen-bond acceptors (Lipinski definition) is 7. The Labute approximate surface area is 102 Å². The monoisotopic (exact) mass is 249 g/mol. The lowest BCUT2D eigenvalue weighted by atomic mass is 10.4. The van der Waals surface area contributed by atoms with Gasteiger partial charge in [0.1, 0.15) is 6.33 Å². The molecule has 0 fully saturated rings. The van der Waals surface area contributed by atoms with Crippen molar-refractivity contribution in [3.63, 3.8) is 0 Å². The van der Waals surface area contributed by atoms with E-state index in [1.807, 2.05) is 0 Å². The maximum absolute atomic E-state index is 10.8. The molecule has 0 saturated heterocycles. The van der Waals surface area contributed by atoms with Gasteiger partial charge in [-0.3, -0.25) is 14.8 Å². The number of nitrogens with zero attached hydrogens (tertiary/aromatic N) is 5. The maximum Gasteiger partial charge on any atom is 0.352 e. The molecule has 0 radical (unpaired) electrons. The van der Waals surface area contributed by atoms with Crippen LogP contribution in [-0.4, -0.2) is 31.2 Å². The van der Waals surface area contributed by atoms with Gasteiger partial charge in [-0.2, -0.15) is 5.10 Å². The highest BCUT2D eigenvalue weighted by Gasteiger charge is 2.20. The summed E-state index contributed by atoms with van der Waals surface area (Å²) in [5, 5.41) is 17.7. The number of rotatable bonds is 5. The molecule has 9 nitrogen and oxygen atoms in total. The first-order valence-corrected chi connectivity index (χ1v) is 5.14. The molecule has 0 aliphatic heterocycles. The van der Waals surface area contributed by atoms with Crippen LogP contribution in [0, 0.1) is 10.1 Å². The van der Waals surface area contributed by atoms with Crippen molar-refractivity contribution in [2.24, 2.45) is 0 Å². The van der Waals surface area contributed by atoms with Crippen molar-refractivity contribution in [2.75, 3.05) is 17.6 Å². The SMILES string of the molecule is Nc1ncnc(NCCn2cccn2)c1[N+](=O)[O-]. The van der Waals surface area contributed by atoms with Crippen molar-refractivity contribution in [1.29, 1.82) is 0 Å². The van der Waals surface area contributed by atoms with Crippen LogP contribution in [0.4, 0.5) is 17.3 Å². The van der Waals surface area contributed by atoms with Gasteiger partial charge in [0, 0.05) is 18.9 Å². The van der Waals surface area contributed by atoms with Crippen LogP contribution in [0.1, 0.15) is 0 Å². The molecular formula is C9H11N7O2. The van der Waals surface area contributed by atoms with Crippen LogP contribution in [0.25, 0.3) is 0 Å². The molecule has 0 aliphatic rings.